The number of carbonyl (C=O) groups excluding carboxylic acids is 1. The third-order valence-corrected chi connectivity index (χ3v) is 3.55. The SMILES string of the molecule is CC(C)(C)OC(=O)N[C@@H](Cc1ccccc1)c1ccc(Br)cn1. The number of hydrogen-bond donors (Lipinski definition) is 1. The van der Waals surface area contributed by atoms with Gasteiger partial charge in [-0.1, -0.05) is 30.3 Å². The summed E-state index contributed by atoms with van der Waals surface area (Å²) in [6.07, 6.45) is 1.93. The number of carbonyl (C=O) groups is 1. The highest BCUT2D eigenvalue weighted by molar-refractivity contribution is 9.10. The lowest BCUT2D eigenvalue weighted by molar-refractivity contribution is 0.0502. The van der Waals surface area contributed by atoms with Crippen molar-refractivity contribution in [3.05, 3.63) is 64.4 Å². The van der Waals surface area contributed by atoms with Crippen LogP contribution in [0.3, 0.4) is 0 Å². The Hall–Kier alpha value is -1.88. The highest BCUT2D eigenvalue weighted by Crippen LogP contribution is 2.19. The van der Waals surface area contributed by atoms with Crippen molar-refractivity contribution >= 4 is 22.0 Å². The van der Waals surface area contributed by atoms with Crippen LogP contribution in [0, 0.1) is 0 Å². The molecule has 1 aromatic heterocycles. The lowest BCUT2D eigenvalue weighted by Gasteiger charge is -2.23. The molecule has 0 radical (unpaired) electrons. The van der Waals surface area contributed by atoms with Crippen molar-refractivity contribution in [3.8, 4) is 0 Å². The molecule has 0 aliphatic rings. The van der Waals surface area contributed by atoms with Crippen LogP contribution in [-0.4, -0.2) is 16.7 Å². The molecular weight excluding hydrogens is 356 g/mol. The van der Waals surface area contributed by atoms with Gasteiger partial charge >= 0.3 is 6.09 Å². The van der Waals surface area contributed by atoms with Gasteiger partial charge in [0.15, 0.2) is 0 Å². The Labute approximate surface area is 145 Å². The summed E-state index contributed by atoms with van der Waals surface area (Å²) < 4.78 is 6.26. The van der Waals surface area contributed by atoms with Crippen LogP contribution in [0.15, 0.2) is 53.1 Å². The zero-order chi connectivity index (χ0) is 16.9. The zero-order valence-corrected chi connectivity index (χ0v) is 15.1. The fourth-order valence-corrected chi connectivity index (χ4v) is 2.36. The van der Waals surface area contributed by atoms with Gasteiger partial charge in [0, 0.05) is 10.7 Å². The smallest absolute Gasteiger partial charge is 0.408 e. The Morgan fingerprint density at radius 2 is 1.91 bits per heavy atom. The number of hydrogen-bond acceptors (Lipinski definition) is 3. The summed E-state index contributed by atoms with van der Waals surface area (Å²) in [5, 5.41) is 2.92. The Balaban J connectivity index is 2.17. The lowest BCUT2D eigenvalue weighted by atomic mass is 10.0. The van der Waals surface area contributed by atoms with E-state index in [2.05, 4.69) is 26.2 Å². The third-order valence-electron chi connectivity index (χ3n) is 3.08. The quantitative estimate of drug-likeness (QED) is 0.844. The minimum atomic E-state index is -0.533. The standard InChI is InChI=1S/C18H21BrN2O2/c1-18(2,3)23-17(22)21-16(11-13-7-5-4-6-8-13)15-10-9-14(19)12-20-15/h4-10,12,16H,11H2,1-3H3,(H,21,22)/t16-/m0/s1. The zero-order valence-electron chi connectivity index (χ0n) is 13.5. The second kappa shape index (κ2) is 7.59. The van der Waals surface area contributed by atoms with E-state index in [1.807, 2.05) is 63.2 Å². The van der Waals surface area contributed by atoms with Gasteiger partial charge in [-0.05, 0) is 60.8 Å². The normalized spacial score (nSPS) is 12.5. The number of amides is 1. The van der Waals surface area contributed by atoms with Crippen molar-refractivity contribution in [2.24, 2.45) is 0 Å². The largest absolute Gasteiger partial charge is 0.444 e. The van der Waals surface area contributed by atoms with Gasteiger partial charge in [0.05, 0.1) is 11.7 Å². The molecule has 1 heterocycles. The molecule has 4 nitrogen and oxygen atoms in total. The maximum absolute atomic E-state index is 12.1. The van der Waals surface area contributed by atoms with Gasteiger partial charge in [-0.15, -0.1) is 0 Å². The molecule has 23 heavy (non-hydrogen) atoms. The number of pyridine rings is 1. The van der Waals surface area contributed by atoms with E-state index < -0.39 is 11.7 Å². The molecule has 1 amide bonds. The van der Waals surface area contributed by atoms with Crippen LogP contribution in [0.25, 0.3) is 0 Å². The summed E-state index contributed by atoms with van der Waals surface area (Å²) in [4.78, 5) is 16.5. The molecule has 0 saturated heterocycles. The first-order valence-corrected chi connectivity index (χ1v) is 8.28. The average molecular weight is 377 g/mol. The highest BCUT2D eigenvalue weighted by atomic mass is 79.9. The van der Waals surface area contributed by atoms with Crippen molar-refractivity contribution in [2.45, 2.75) is 38.8 Å². The van der Waals surface area contributed by atoms with Gasteiger partial charge in [-0.3, -0.25) is 4.98 Å². The van der Waals surface area contributed by atoms with Crippen molar-refractivity contribution < 1.29 is 9.53 Å². The maximum Gasteiger partial charge on any atom is 0.408 e. The number of aromatic nitrogens is 1. The Morgan fingerprint density at radius 1 is 1.22 bits per heavy atom. The first kappa shape index (κ1) is 17.5. The molecule has 2 aromatic rings. The molecule has 0 fully saturated rings. The number of halogens is 1. The minimum absolute atomic E-state index is 0.250. The molecule has 1 N–H and O–H groups in total. The fraction of sp³-hybridized carbons (Fsp3) is 0.333. The molecule has 0 unspecified atom stereocenters. The lowest BCUT2D eigenvalue weighted by Crippen LogP contribution is -2.36. The Morgan fingerprint density at radius 3 is 2.48 bits per heavy atom. The second-order valence-corrected chi connectivity index (χ2v) is 7.21. The first-order valence-electron chi connectivity index (χ1n) is 7.48. The number of rotatable bonds is 4. The van der Waals surface area contributed by atoms with Crippen LogP contribution in [0.5, 0.6) is 0 Å². The Bertz CT molecular complexity index is 636. The summed E-state index contributed by atoms with van der Waals surface area (Å²) in [6.45, 7) is 5.53. The number of nitrogens with zero attached hydrogens (tertiary/aromatic N) is 1. The molecule has 1 atom stereocenters. The van der Waals surface area contributed by atoms with Crippen LogP contribution in [-0.2, 0) is 11.2 Å². The van der Waals surface area contributed by atoms with Crippen LogP contribution >= 0.6 is 15.9 Å². The van der Waals surface area contributed by atoms with E-state index in [9.17, 15) is 4.79 Å². The average Bonchev–Trinajstić information content (AvgIpc) is 2.46. The van der Waals surface area contributed by atoms with Crippen LogP contribution < -0.4 is 5.32 Å². The molecule has 2 rings (SSSR count). The summed E-state index contributed by atoms with van der Waals surface area (Å²) in [5.41, 5.74) is 1.38. The second-order valence-electron chi connectivity index (χ2n) is 6.29. The minimum Gasteiger partial charge on any atom is -0.444 e. The number of benzene rings is 1. The van der Waals surface area contributed by atoms with Crippen LogP contribution in [0.4, 0.5) is 4.79 Å². The van der Waals surface area contributed by atoms with Gasteiger partial charge in [0.2, 0.25) is 0 Å². The summed E-state index contributed by atoms with van der Waals surface area (Å²) in [7, 11) is 0. The monoisotopic (exact) mass is 376 g/mol. The van der Waals surface area contributed by atoms with Gasteiger partial charge < -0.3 is 10.1 Å². The van der Waals surface area contributed by atoms with Crippen molar-refractivity contribution in [3.63, 3.8) is 0 Å². The molecule has 0 aliphatic heterocycles. The van der Waals surface area contributed by atoms with E-state index in [1.54, 1.807) is 6.20 Å². The van der Waals surface area contributed by atoms with E-state index in [0.717, 1.165) is 15.7 Å². The number of alkyl carbamates (subject to hydrolysis) is 1. The van der Waals surface area contributed by atoms with E-state index in [0.29, 0.717) is 6.42 Å². The third kappa shape index (κ3) is 6.02. The maximum atomic E-state index is 12.1. The topological polar surface area (TPSA) is 51.2 Å². The van der Waals surface area contributed by atoms with E-state index >= 15 is 0 Å². The number of ether oxygens (including phenoxy) is 1. The van der Waals surface area contributed by atoms with Gasteiger partial charge in [-0.25, -0.2) is 4.79 Å². The summed E-state index contributed by atoms with van der Waals surface area (Å²) >= 11 is 3.38. The van der Waals surface area contributed by atoms with E-state index in [-0.39, 0.29) is 6.04 Å². The molecular formula is C18H21BrN2O2. The molecule has 1 aromatic carbocycles. The van der Waals surface area contributed by atoms with Gasteiger partial charge in [0.1, 0.15) is 5.60 Å². The van der Waals surface area contributed by atoms with E-state index in [4.69, 9.17) is 4.74 Å². The summed E-state index contributed by atoms with van der Waals surface area (Å²) in [6, 6.07) is 13.6. The predicted molar refractivity (Wildman–Crippen MR) is 94.2 cm³/mol. The summed E-state index contributed by atoms with van der Waals surface area (Å²) in [5.74, 6) is 0. The highest BCUT2D eigenvalue weighted by Gasteiger charge is 2.21. The molecule has 122 valence electrons. The fourth-order valence-electron chi connectivity index (χ4n) is 2.12. The van der Waals surface area contributed by atoms with Crippen molar-refractivity contribution in [2.75, 3.05) is 0 Å². The molecule has 0 spiro atoms. The molecule has 5 heteroatoms. The van der Waals surface area contributed by atoms with E-state index in [1.165, 1.54) is 0 Å². The molecule has 0 bridgehead atoms. The van der Waals surface area contributed by atoms with Crippen molar-refractivity contribution in [1.29, 1.82) is 0 Å². The molecule has 0 aliphatic carbocycles. The van der Waals surface area contributed by atoms with Gasteiger partial charge in [-0.2, -0.15) is 0 Å². The van der Waals surface area contributed by atoms with Gasteiger partial charge in [0.25, 0.3) is 0 Å². The Kier molecular flexibility index (Phi) is 5.77. The first-order chi connectivity index (χ1) is 10.8. The van der Waals surface area contributed by atoms with Crippen LogP contribution in [0.1, 0.15) is 38.1 Å². The molecule has 0 saturated carbocycles. The predicted octanol–water partition coefficient (Wildman–Crippen LogP) is 4.65. The van der Waals surface area contributed by atoms with Crippen LogP contribution in [0.2, 0.25) is 0 Å². The van der Waals surface area contributed by atoms with Crippen molar-refractivity contribution in [1.82, 2.24) is 10.3 Å². The number of nitrogens with one attached hydrogen (secondary N) is 1.